The van der Waals surface area contributed by atoms with E-state index in [4.69, 9.17) is 4.74 Å². The fourth-order valence-electron chi connectivity index (χ4n) is 4.91. The number of fused-ring (bicyclic) bond motifs is 2. The van der Waals surface area contributed by atoms with E-state index in [-0.39, 0.29) is 29.2 Å². The van der Waals surface area contributed by atoms with Crippen LogP contribution in [0.4, 0.5) is 11.4 Å². The maximum absolute atomic E-state index is 13.6. The first-order valence-corrected chi connectivity index (χ1v) is 12.7. The molecular formula is C24H27N3O5S. The van der Waals surface area contributed by atoms with Crippen molar-refractivity contribution in [1.29, 1.82) is 0 Å². The summed E-state index contributed by atoms with van der Waals surface area (Å²) in [6.07, 6.45) is 1.41. The van der Waals surface area contributed by atoms with Crippen molar-refractivity contribution in [3.05, 3.63) is 47.5 Å². The number of carbonyl (C=O) groups is 2. The molecule has 3 aliphatic heterocycles. The van der Waals surface area contributed by atoms with E-state index in [1.165, 1.54) is 10.4 Å². The Hall–Kier alpha value is -2.91. The third kappa shape index (κ3) is 3.79. The number of para-hydroxylation sites is 1. The zero-order valence-corrected chi connectivity index (χ0v) is 19.5. The molecule has 0 aliphatic carbocycles. The number of benzene rings is 2. The Bertz CT molecular complexity index is 1240. The number of amides is 2. The van der Waals surface area contributed by atoms with E-state index < -0.39 is 16.1 Å². The van der Waals surface area contributed by atoms with Gasteiger partial charge in [-0.25, -0.2) is 8.42 Å². The van der Waals surface area contributed by atoms with Crippen molar-refractivity contribution in [2.24, 2.45) is 5.92 Å². The van der Waals surface area contributed by atoms with Gasteiger partial charge in [0.25, 0.3) is 5.91 Å². The molecule has 5 rings (SSSR count). The molecule has 3 heterocycles. The fourth-order valence-corrected chi connectivity index (χ4v) is 6.66. The molecule has 2 aromatic carbocycles. The summed E-state index contributed by atoms with van der Waals surface area (Å²) in [5.41, 5.74) is 3.07. The molecule has 1 fully saturated rings. The van der Waals surface area contributed by atoms with Gasteiger partial charge in [-0.2, -0.15) is 4.31 Å². The Labute approximate surface area is 193 Å². The predicted octanol–water partition coefficient (Wildman–Crippen LogP) is 2.70. The second kappa shape index (κ2) is 8.14. The van der Waals surface area contributed by atoms with E-state index in [0.29, 0.717) is 42.9 Å². The van der Waals surface area contributed by atoms with E-state index in [9.17, 15) is 18.0 Å². The van der Waals surface area contributed by atoms with Crippen molar-refractivity contribution in [2.75, 3.05) is 29.9 Å². The highest BCUT2D eigenvalue weighted by atomic mass is 32.2. The lowest BCUT2D eigenvalue weighted by molar-refractivity contribution is -0.123. The molecule has 0 saturated carbocycles. The SMILES string of the molecule is Cc1cc2c(cc1S(=O)(=O)N1CCCC(C(=O)N3CCc4ccccc43)C1)OC(C)C(=O)N2. The van der Waals surface area contributed by atoms with Crippen LogP contribution >= 0.6 is 0 Å². The molecule has 1 saturated heterocycles. The van der Waals surface area contributed by atoms with Gasteiger partial charge in [-0.05, 0) is 56.4 Å². The van der Waals surface area contributed by atoms with Gasteiger partial charge in [-0.15, -0.1) is 0 Å². The Morgan fingerprint density at radius 1 is 1.18 bits per heavy atom. The summed E-state index contributed by atoms with van der Waals surface area (Å²) in [5.74, 6) is -0.321. The van der Waals surface area contributed by atoms with Crippen molar-refractivity contribution in [3.63, 3.8) is 0 Å². The first-order chi connectivity index (χ1) is 15.8. The number of carbonyl (C=O) groups excluding carboxylic acids is 2. The number of hydrogen-bond acceptors (Lipinski definition) is 5. The second-order valence-corrected chi connectivity index (χ2v) is 10.8. The molecule has 0 radical (unpaired) electrons. The topological polar surface area (TPSA) is 96.0 Å². The first kappa shape index (κ1) is 21.9. The van der Waals surface area contributed by atoms with Gasteiger partial charge in [0.2, 0.25) is 15.9 Å². The van der Waals surface area contributed by atoms with Gasteiger partial charge < -0.3 is 15.0 Å². The maximum Gasteiger partial charge on any atom is 0.265 e. The van der Waals surface area contributed by atoms with Crippen molar-refractivity contribution < 1.29 is 22.7 Å². The van der Waals surface area contributed by atoms with E-state index in [1.54, 1.807) is 24.8 Å². The van der Waals surface area contributed by atoms with Gasteiger partial charge in [0, 0.05) is 31.4 Å². The number of nitrogens with zero attached hydrogens (tertiary/aromatic N) is 2. The highest BCUT2D eigenvalue weighted by molar-refractivity contribution is 7.89. The van der Waals surface area contributed by atoms with E-state index in [2.05, 4.69) is 5.32 Å². The molecule has 9 heteroatoms. The zero-order chi connectivity index (χ0) is 23.3. The molecule has 0 aromatic heterocycles. The summed E-state index contributed by atoms with van der Waals surface area (Å²) in [6, 6.07) is 11.0. The van der Waals surface area contributed by atoms with Crippen molar-refractivity contribution in [1.82, 2.24) is 4.31 Å². The summed E-state index contributed by atoms with van der Waals surface area (Å²) in [4.78, 5) is 27.2. The molecule has 2 unspecified atom stereocenters. The Balaban J connectivity index is 1.39. The van der Waals surface area contributed by atoms with Crippen LogP contribution in [0.1, 0.15) is 30.9 Å². The molecule has 2 aromatic rings. The van der Waals surface area contributed by atoms with Crippen LogP contribution in [0.2, 0.25) is 0 Å². The minimum Gasteiger partial charge on any atom is -0.479 e. The largest absolute Gasteiger partial charge is 0.479 e. The monoisotopic (exact) mass is 469 g/mol. The lowest BCUT2D eigenvalue weighted by Crippen LogP contribution is -2.46. The van der Waals surface area contributed by atoms with Crippen LogP contribution in [0.25, 0.3) is 0 Å². The lowest BCUT2D eigenvalue weighted by Gasteiger charge is -2.34. The smallest absolute Gasteiger partial charge is 0.265 e. The maximum atomic E-state index is 13.6. The molecule has 2 amide bonds. The van der Waals surface area contributed by atoms with Crippen molar-refractivity contribution >= 4 is 33.2 Å². The molecule has 2 atom stereocenters. The van der Waals surface area contributed by atoms with Crippen LogP contribution in [0.15, 0.2) is 41.3 Å². The summed E-state index contributed by atoms with van der Waals surface area (Å²) in [7, 11) is -3.84. The van der Waals surface area contributed by atoms with Crippen LogP contribution in [0, 0.1) is 12.8 Å². The molecule has 1 N–H and O–H groups in total. The zero-order valence-electron chi connectivity index (χ0n) is 18.7. The standard InChI is InChI=1S/C24H27N3O5S/c1-15-12-19-21(32-16(2)23(28)25-19)13-22(15)33(30,31)26-10-5-7-18(14-26)24(29)27-11-9-17-6-3-4-8-20(17)27/h3-4,6,8,12-13,16,18H,5,7,9-11,14H2,1-2H3,(H,25,28). The Morgan fingerprint density at radius 3 is 2.79 bits per heavy atom. The number of rotatable bonds is 3. The minimum absolute atomic E-state index is 0.0121. The normalized spacial score (nSPS) is 22.8. The highest BCUT2D eigenvalue weighted by Gasteiger charge is 2.38. The first-order valence-electron chi connectivity index (χ1n) is 11.3. The summed E-state index contributed by atoms with van der Waals surface area (Å²) in [6.45, 7) is 4.47. The van der Waals surface area contributed by atoms with Crippen LogP contribution in [-0.2, 0) is 26.0 Å². The van der Waals surface area contributed by atoms with Gasteiger partial charge >= 0.3 is 0 Å². The molecular weight excluding hydrogens is 442 g/mol. The number of piperidine rings is 1. The highest BCUT2D eigenvalue weighted by Crippen LogP contribution is 2.37. The summed E-state index contributed by atoms with van der Waals surface area (Å²) < 4.78 is 34.2. The molecule has 0 bridgehead atoms. The molecule has 8 nitrogen and oxygen atoms in total. The van der Waals surface area contributed by atoms with Crippen LogP contribution in [-0.4, -0.2) is 50.3 Å². The van der Waals surface area contributed by atoms with E-state index in [0.717, 1.165) is 17.7 Å². The van der Waals surface area contributed by atoms with Crippen molar-refractivity contribution in [3.8, 4) is 5.75 Å². The lowest BCUT2D eigenvalue weighted by atomic mass is 9.98. The number of sulfonamides is 1. The Kier molecular flexibility index (Phi) is 5.41. The third-order valence-electron chi connectivity index (χ3n) is 6.71. The number of nitrogens with one attached hydrogen (secondary N) is 1. The third-order valence-corrected chi connectivity index (χ3v) is 8.72. The predicted molar refractivity (Wildman–Crippen MR) is 124 cm³/mol. The van der Waals surface area contributed by atoms with E-state index in [1.807, 2.05) is 24.3 Å². The number of aryl methyl sites for hydroxylation is 1. The average molecular weight is 470 g/mol. The van der Waals surface area contributed by atoms with Gasteiger partial charge in [0.1, 0.15) is 5.75 Å². The molecule has 33 heavy (non-hydrogen) atoms. The van der Waals surface area contributed by atoms with Crippen LogP contribution in [0.3, 0.4) is 0 Å². The Morgan fingerprint density at radius 2 is 1.97 bits per heavy atom. The van der Waals surface area contributed by atoms with Crippen LogP contribution in [0.5, 0.6) is 5.75 Å². The van der Waals surface area contributed by atoms with Gasteiger partial charge in [-0.3, -0.25) is 9.59 Å². The average Bonchev–Trinajstić information content (AvgIpc) is 3.23. The number of ether oxygens (including phenoxy) is 1. The van der Waals surface area contributed by atoms with Gasteiger partial charge in [0.05, 0.1) is 16.5 Å². The van der Waals surface area contributed by atoms with Crippen molar-refractivity contribution in [2.45, 2.75) is 44.1 Å². The van der Waals surface area contributed by atoms with E-state index >= 15 is 0 Å². The number of anilines is 2. The fraction of sp³-hybridized carbons (Fsp3) is 0.417. The summed E-state index contributed by atoms with van der Waals surface area (Å²) in [5, 5.41) is 2.75. The molecule has 0 spiro atoms. The second-order valence-electron chi connectivity index (χ2n) is 8.93. The molecule has 3 aliphatic rings. The summed E-state index contributed by atoms with van der Waals surface area (Å²) >= 11 is 0. The van der Waals surface area contributed by atoms with Gasteiger partial charge in [0.15, 0.2) is 6.10 Å². The minimum atomic E-state index is -3.84. The van der Waals surface area contributed by atoms with Gasteiger partial charge in [-0.1, -0.05) is 18.2 Å². The quantitative estimate of drug-likeness (QED) is 0.746. The van der Waals surface area contributed by atoms with Crippen LogP contribution < -0.4 is 15.0 Å². The molecule has 174 valence electrons. The number of hydrogen-bond donors (Lipinski definition) is 1.